The van der Waals surface area contributed by atoms with Crippen molar-refractivity contribution in [3.8, 4) is 0 Å². The van der Waals surface area contributed by atoms with E-state index in [9.17, 15) is 18.0 Å². The van der Waals surface area contributed by atoms with E-state index in [1.54, 1.807) is 0 Å². The van der Waals surface area contributed by atoms with Crippen molar-refractivity contribution in [3.63, 3.8) is 0 Å². The van der Waals surface area contributed by atoms with Crippen LogP contribution in [0.15, 0.2) is 50.7 Å². The van der Waals surface area contributed by atoms with Crippen molar-refractivity contribution in [3.05, 3.63) is 56.9 Å². The van der Waals surface area contributed by atoms with Gasteiger partial charge in [-0.05, 0) is 40.2 Å². The summed E-state index contributed by atoms with van der Waals surface area (Å²) in [6, 6.07) is 6.59. The molecule has 9 heteroatoms. The van der Waals surface area contributed by atoms with E-state index in [0.717, 1.165) is 0 Å². The fraction of sp³-hybridized carbons (Fsp3) is 0. The van der Waals surface area contributed by atoms with Gasteiger partial charge in [0, 0.05) is 16.7 Å². The molecule has 0 radical (unpaired) electrons. The summed E-state index contributed by atoms with van der Waals surface area (Å²) in [7, 11) is -3.81. The van der Waals surface area contributed by atoms with E-state index in [4.69, 9.17) is 5.14 Å². The number of anilines is 1. The minimum absolute atomic E-state index is 0.0728. The molecular weight excluding hydrogens is 362 g/mol. The number of carbonyl (C=O) groups is 1. The van der Waals surface area contributed by atoms with Crippen LogP contribution in [0.3, 0.4) is 0 Å². The minimum Gasteiger partial charge on any atom is -0.328 e. The van der Waals surface area contributed by atoms with Gasteiger partial charge in [-0.25, -0.2) is 13.6 Å². The average Bonchev–Trinajstić information content (AvgIpc) is 2.40. The predicted molar refractivity (Wildman–Crippen MR) is 80.5 cm³/mol. The van der Waals surface area contributed by atoms with Crippen molar-refractivity contribution in [1.29, 1.82) is 0 Å². The molecule has 110 valence electrons. The Kier molecular flexibility index (Phi) is 4.26. The molecule has 0 unspecified atom stereocenters. The van der Waals surface area contributed by atoms with E-state index in [1.165, 1.54) is 36.5 Å². The summed E-state index contributed by atoms with van der Waals surface area (Å²) in [6.45, 7) is 0. The fourth-order valence-electron chi connectivity index (χ4n) is 1.52. The molecule has 1 amide bonds. The first-order valence-electron chi connectivity index (χ1n) is 5.60. The van der Waals surface area contributed by atoms with Gasteiger partial charge in [-0.1, -0.05) is 0 Å². The summed E-state index contributed by atoms with van der Waals surface area (Å²) in [5, 5.41) is 7.59. The van der Waals surface area contributed by atoms with E-state index in [0.29, 0.717) is 10.2 Å². The van der Waals surface area contributed by atoms with Crippen LogP contribution in [0.25, 0.3) is 0 Å². The van der Waals surface area contributed by atoms with E-state index in [2.05, 4.69) is 26.2 Å². The lowest BCUT2D eigenvalue weighted by atomic mass is 10.2. The largest absolute Gasteiger partial charge is 0.328 e. The molecule has 0 fully saturated rings. The van der Waals surface area contributed by atoms with Gasteiger partial charge in [0.1, 0.15) is 0 Å². The summed E-state index contributed by atoms with van der Waals surface area (Å²) in [4.78, 5) is 25.2. The highest BCUT2D eigenvalue weighted by Gasteiger charge is 2.12. The van der Waals surface area contributed by atoms with Crippen LogP contribution in [0, 0.1) is 0 Å². The zero-order valence-corrected chi connectivity index (χ0v) is 12.9. The maximum Gasteiger partial charge on any atom is 0.257 e. The van der Waals surface area contributed by atoms with Crippen LogP contribution < -0.4 is 16.0 Å². The van der Waals surface area contributed by atoms with Crippen molar-refractivity contribution in [2.24, 2.45) is 5.14 Å². The number of carbonyl (C=O) groups excluding carboxylic acids is 1. The Morgan fingerprint density at radius 3 is 2.48 bits per heavy atom. The Bertz CT molecular complexity index is 841. The lowest BCUT2D eigenvalue weighted by Crippen LogP contribution is -2.15. The quantitative estimate of drug-likeness (QED) is 0.745. The lowest BCUT2D eigenvalue weighted by molar-refractivity contribution is 0.102. The number of nitrogens with two attached hydrogens (primary N) is 1. The molecule has 2 aromatic rings. The fourth-order valence-corrected chi connectivity index (χ4v) is 2.69. The van der Waals surface area contributed by atoms with Crippen molar-refractivity contribution < 1.29 is 13.2 Å². The molecule has 0 aliphatic heterocycles. The van der Waals surface area contributed by atoms with Crippen molar-refractivity contribution in [1.82, 2.24) is 4.98 Å². The highest BCUT2D eigenvalue weighted by molar-refractivity contribution is 9.10. The monoisotopic (exact) mass is 371 g/mol. The molecule has 2 rings (SSSR count). The highest BCUT2D eigenvalue weighted by Crippen LogP contribution is 2.25. The van der Waals surface area contributed by atoms with Gasteiger partial charge in [0.2, 0.25) is 15.6 Å². The van der Waals surface area contributed by atoms with Gasteiger partial charge in [0.15, 0.2) is 0 Å². The Labute approximate surface area is 128 Å². The van der Waals surface area contributed by atoms with Crippen LogP contribution in [0.5, 0.6) is 0 Å². The SMILES string of the molecule is NS(=O)(=O)c1ccc(NC(=O)c2ccc(=O)[nH]c2)c(Br)c1. The van der Waals surface area contributed by atoms with Crippen LogP contribution in [-0.2, 0) is 10.0 Å². The number of sulfonamides is 1. The smallest absolute Gasteiger partial charge is 0.257 e. The van der Waals surface area contributed by atoms with Gasteiger partial charge < -0.3 is 10.3 Å². The number of pyridine rings is 1. The zero-order valence-electron chi connectivity index (χ0n) is 10.5. The van der Waals surface area contributed by atoms with Gasteiger partial charge in [-0.15, -0.1) is 0 Å². The molecule has 0 atom stereocenters. The number of H-pyrrole nitrogens is 1. The molecule has 1 aromatic heterocycles. The molecule has 0 bridgehead atoms. The first-order valence-corrected chi connectivity index (χ1v) is 7.94. The number of benzene rings is 1. The van der Waals surface area contributed by atoms with Gasteiger partial charge in [0.05, 0.1) is 16.1 Å². The summed E-state index contributed by atoms with van der Waals surface area (Å²) in [5.74, 6) is -0.449. The molecule has 0 spiro atoms. The number of rotatable bonds is 3. The first kappa shape index (κ1) is 15.4. The number of amides is 1. The Morgan fingerprint density at radius 2 is 1.95 bits per heavy atom. The number of primary sulfonamides is 1. The van der Waals surface area contributed by atoms with Crippen LogP contribution in [-0.4, -0.2) is 19.3 Å². The summed E-state index contributed by atoms with van der Waals surface area (Å²) < 4.78 is 22.8. The molecule has 0 aliphatic carbocycles. The average molecular weight is 372 g/mol. The zero-order chi connectivity index (χ0) is 15.6. The number of halogens is 1. The third kappa shape index (κ3) is 3.78. The molecule has 0 saturated carbocycles. The number of nitrogens with one attached hydrogen (secondary N) is 2. The maximum atomic E-state index is 12.0. The summed E-state index contributed by atoms with van der Waals surface area (Å²) in [5.41, 5.74) is 0.320. The highest BCUT2D eigenvalue weighted by atomic mass is 79.9. The van der Waals surface area contributed by atoms with E-state index in [1.807, 2.05) is 0 Å². The summed E-state index contributed by atoms with van der Waals surface area (Å²) >= 11 is 3.16. The molecule has 21 heavy (non-hydrogen) atoms. The van der Waals surface area contributed by atoms with Crippen LogP contribution in [0.2, 0.25) is 0 Å². The number of hydrogen-bond donors (Lipinski definition) is 3. The number of hydrogen-bond acceptors (Lipinski definition) is 4. The van der Waals surface area contributed by atoms with E-state index < -0.39 is 15.9 Å². The normalized spacial score (nSPS) is 11.1. The predicted octanol–water partition coefficient (Wildman–Crippen LogP) is 1.04. The van der Waals surface area contributed by atoms with Crippen LogP contribution in [0.4, 0.5) is 5.69 Å². The maximum absolute atomic E-state index is 12.0. The standard InChI is InChI=1S/C12H10BrN3O4S/c13-9-5-8(21(14,19)20)2-3-10(9)16-12(18)7-1-4-11(17)15-6-7/h1-6H,(H,15,17)(H,16,18)(H2,14,19,20). The molecule has 0 saturated heterocycles. The van der Waals surface area contributed by atoms with Crippen LogP contribution >= 0.6 is 15.9 Å². The third-order valence-electron chi connectivity index (χ3n) is 2.56. The van der Waals surface area contributed by atoms with Gasteiger partial charge in [0.25, 0.3) is 5.91 Å². The first-order chi connectivity index (χ1) is 9.77. The third-order valence-corrected chi connectivity index (χ3v) is 4.13. The molecule has 4 N–H and O–H groups in total. The lowest BCUT2D eigenvalue weighted by Gasteiger charge is -2.08. The van der Waals surface area contributed by atoms with Crippen molar-refractivity contribution in [2.45, 2.75) is 4.90 Å². The van der Waals surface area contributed by atoms with Gasteiger partial charge in [-0.2, -0.15) is 0 Å². The van der Waals surface area contributed by atoms with Gasteiger partial charge >= 0.3 is 0 Å². The molecule has 1 aromatic carbocycles. The molecular formula is C12H10BrN3O4S. The van der Waals surface area contributed by atoms with Crippen molar-refractivity contribution in [2.75, 3.05) is 5.32 Å². The van der Waals surface area contributed by atoms with E-state index in [-0.39, 0.29) is 16.0 Å². The van der Waals surface area contributed by atoms with Crippen LogP contribution in [0.1, 0.15) is 10.4 Å². The number of aromatic amines is 1. The topological polar surface area (TPSA) is 122 Å². The molecule has 0 aliphatic rings. The molecule has 1 heterocycles. The second-order valence-corrected chi connectivity index (χ2v) is 6.50. The van der Waals surface area contributed by atoms with E-state index >= 15 is 0 Å². The number of aromatic nitrogens is 1. The summed E-state index contributed by atoms with van der Waals surface area (Å²) in [6.07, 6.45) is 1.28. The minimum atomic E-state index is -3.81. The Hall–Kier alpha value is -1.97. The van der Waals surface area contributed by atoms with Crippen molar-refractivity contribution >= 4 is 37.5 Å². The van der Waals surface area contributed by atoms with Gasteiger partial charge in [-0.3, -0.25) is 9.59 Å². The second-order valence-electron chi connectivity index (χ2n) is 4.08. The Balaban J connectivity index is 2.26. The molecule has 7 nitrogen and oxygen atoms in total. The second kappa shape index (κ2) is 5.80. The Morgan fingerprint density at radius 1 is 1.24 bits per heavy atom.